The number of rotatable bonds is 4. The molecule has 29 heavy (non-hydrogen) atoms. The van der Waals surface area contributed by atoms with Crippen molar-refractivity contribution in [3.05, 3.63) is 12.7 Å². The van der Waals surface area contributed by atoms with Crippen LogP contribution in [0.25, 0.3) is 0 Å². The Morgan fingerprint density at radius 1 is 0.966 bits per heavy atom. The van der Waals surface area contributed by atoms with Gasteiger partial charge in [-0.1, -0.05) is 19.9 Å². The van der Waals surface area contributed by atoms with Crippen molar-refractivity contribution in [1.82, 2.24) is 0 Å². The molecule has 0 saturated heterocycles. The second-order valence-corrected chi connectivity index (χ2v) is 11.4. The Kier molecular flexibility index (Phi) is 5.49. The number of carbonyl (C=O) groups excluding carboxylic acids is 2. The van der Waals surface area contributed by atoms with Gasteiger partial charge in [0.15, 0.2) is 0 Å². The van der Waals surface area contributed by atoms with Gasteiger partial charge in [-0.15, -0.1) is 6.58 Å². The number of fused-ring (bicyclic) bond motifs is 5. The zero-order valence-electron chi connectivity index (χ0n) is 18.9. The van der Waals surface area contributed by atoms with Gasteiger partial charge >= 0.3 is 5.97 Å². The Hall–Kier alpha value is -1.12. The third-order valence-electron chi connectivity index (χ3n) is 10.0. The molecule has 4 saturated carbocycles. The van der Waals surface area contributed by atoms with Gasteiger partial charge in [0.2, 0.25) is 0 Å². The highest BCUT2D eigenvalue weighted by molar-refractivity contribution is 5.75. The van der Waals surface area contributed by atoms with Crippen molar-refractivity contribution in [2.75, 3.05) is 0 Å². The zero-order valence-corrected chi connectivity index (χ0v) is 18.9. The number of ketones is 1. The molecule has 0 N–H and O–H groups in total. The molecule has 4 aliphatic rings. The number of ether oxygens (including phenoxy) is 1. The number of allylic oxidation sites excluding steroid dienone is 1. The van der Waals surface area contributed by atoms with Crippen LogP contribution in [0.4, 0.5) is 0 Å². The number of hydrogen-bond acceptors (Lipinski definition) is 3. The smallest absolute Gasteiger partial charge is 0.302 e. The maximum atomic E-state index is 12.2. The zero-order chi connectivity index (χ0) is 21.0. The molecule has 4 rings (SSSR count). The molecule has 3 heteroatoms. The Morgan fingerprint density at radius 2 is 1.66 bits per heavy atom. The van der Waals surface area contributed by atoms with Crippen LogP contribution in [-0.2, 0) is 14.3 Å². The summed E-state index contributed by atoms with van der Waals surface area (Å²) in [6.07, 6.45) is 12.5. The predicted octanol–water partition coefficient (Wildman–Crippen LogP) is 5.97. The summed E-state index contributed by atoms with van der Waals surface area (Å²) in [5, 5.41) is 0. The highest BCUT2D eigenvalue weighted by Crippen LogP contribution is 2.68. The van der Waals surface area contributed by atoms with Crippen molar-refractivity contribution in [1.29, 1.82) is 0 Å². The number of Topliss-reactive ketones (excluding diaryl/α,β-unsaturated/α-hetero) is 1. The van der Waals surface area contributed by atoms with Crippen molar-refractivity contribution in [3.8, 4) is 0 Å². The molecule has 0 aliphatic heterocycles. The van der Waals surface area contributed by atoms with E-state index < -0.39 is 0 Å². The van der Waals surface area contributed by atoms with Crippen LogP contribution in [-0.4, -0.2) is 17.9 Å². The first-order valence-electron chi connectivity index (χ1n) is 12.0. The second kappa shape index (κ2) is 7.54. The fourth-order valence-corrected chi connectivity index (χ4v) is 8.83. The number of carbonyl (C=O) groups is 2. The standard InChI is InChI=1S/C26H40O3/c1-6-19-7-8-22-21-14-18(13-16(2)27)24-15-20(29-17(3)28)9-11-26(24,5)23(21)10-12-25(19,22)4/h6,18-24H,1,7-15H2,2-5H3/t18-,19-,20-,21-,22-,23-,24+,25+,26+/m0/s1. The summed E-state index contributed by atoms with van der Waals surface area (Å²) in [6.45, 7) is 12.5. The fourth-order valence-electron chi connectivity index (χ4n) is 8.83. The van der Waals surface area contributed by atoms with E-state index in [9.17, 15) is 9.59 Å². The molecule has 0 spiro atoms. The molecule has 0 aromatic rings. The topological polar surface area (TPSA) is 43.4 Å². The third kappa shape index (κ3) is 3.41. The lowest BCUT2D eigenvalue weighted by Gasteiger charge is -2.63. The highest BCUT2D eigenvalue weighted by Gasteiger charge is 2.61. The highest BCUT2D eigenvalue weighted by atomic mass is 16.5. The van der Waals surface area contributed by atoms with E-state index in [0.29, 0.717) is 35.4 Å². The summed E-state index contributed by atoms with van der Waals surface area (Å²) in [7, 11) is 0. The summed E-state index contributed by atoms with van der Waals surface area (Å²) in [6, 6.07) is 0. The van der Waals surface area contributed by atoms with Gasteiger partial charge < -0.3 is 9.53 Å². The third-order valence-corrected chi connectivity index (χ3v) is 10.0. The summed E-state index contributed by atoms with van der Waals surface area (Å²) in [5.74, 6) is 4.05. The lowest BCUT2D eigenvalue weighted by Crippen LogP contribution is -2.57. The molecule has 0 bridgehead atoms. The summed E-state index contributed by atoms with van der Waals surface area (Å²) >= 11 is 0. The van der Waals surface area contributed by atoms with E-state index in [1.807, 2.05) is 0 Å². The van der Waals surface area contributed by atoms with Crippen LogP contribution in [0.15, 0.2) is 12.7 Å². The second-order valence-electron chi connectivity index (χ2n) is 11.4. The summed E-state index contributed by atoms with van der Waals surface area (Å²) in [5.41, 5.74) is 0.690. The minimum Gasteiger partial charge on any atom is -0.463 e. The van der Waals surface area contributed by atoms with Crippen LogP contribution in [0.2, 0.25) is 0 Å². The van der Waals surface area contributed by atoms with E-state index in [2.05, 4.69) is 26.5 Å². The SMILES string of the molecule is C=C[C@H]1CC[C@H]2[C@@H]3C[C@H](CC(C)=O)[C@H]4C[C@@H](OC(C)=O)CC[C@]4(C)[C@H]3CC[C@]12C. The molecule has 0 amide bonds. The largest absolute Gasteiger partial charge is 0.463 e. The number of esters is 1. The average molecular weight is 401 g/mol. The van der Waals surface area contributed by atoms with Crippen molar-refractivity contribution < 1.29 is 14.3 Å². The first-order valence-corrected chi connectivity index (χ1v) is 12.0. The molecule has 162 valence electrons. The predicted molar refractivity (Wildman–Crippen MR) is 115 cm³/mol. The monoisotopic (exact) mass is 400 g/mol. The molecule has 4 aliphatic carbocycles. The molecule has 9 atom stereocenters. The maximum Gasteiger partial charge on any atom is 0.302 e. The number of hydrogen-bond donors (Lipinski definition) is 0. The molecule has 0 unspecified atom stereocenters. The van der Waals surface area contributed by atoms with Crippen molar-refractivity contribution in [2.45, 2.75) is 91.6 Å². The summed E-state index contributed by atoms with van der Waals surface area (Å²) < 4.78 is 5.65. The van der Waals surface area contributed by atoms with E-state index in [0.717, 1.165) is 37.0 Å². The Balaban J connectivity index is 1.64. The minimum atomic E-state index is -0.162. The van der Waals surface area contributed by atoms with Gasteiger partial charge in [0.25, 0.3) is 0 Å². The van der Waals surface area contributed by atoms with Crippen LogP contribution in [0.5, 0.6) is 0 Å². The van der Waals surface area contributed by atoms with Crippen LogP contribution in [0.3, 0.4) is 0 Å². The van der Waals surface area contributed by atoms with Crippen molar-refractivity contribution >= 4 is 11.8 Å². The van der Waals surface area contributed by atoms with E-state index in [1.54, 1.807) is 6.92 Å². The van der Waals surface area contributed by atoms with Crippen LogP contribution in [0, 0.1) is 46.3 Å². The van der Waals surface area contributed by atoms with Crippen LogP contribution >= 0.6 is 0 Å². The molecule has 0 radical (unpaired) electrons. The average Bonchev–Trinajstić information content (AvgIpc) is 2.98. The molecular weight excluding hydrogens is 360 g/mol. The lowest BCUT2D eigenvalue weighted by atomic mass is 9.42. The summed E-state index contributed by atoms with van der Waals surface area (Å²) in [4.78, 5) is 23.8. The first kappa shape index (κ1) is 21.1. The van der Waals surface area contributed by atoms with E-state index in [-0.39, 0.29) is 17.5 Å². The Bertz CT molecular complexity index is 683. The fraction of sp³-hybridized carbons (Fsp3) is 0.846. The molecule has 3 nitrogen and oxygen atoms in total. The molecule has 0 aromatic heterocycles. The molecular formula is C26H40O3. The van der Waals surface area contributed by atoms with Gasteiger partial charge in [0.1, 0.15) is 11.9 Å². The van der Waals surface area contributed by atoms with E-state index in [4.69, 9.17) is 4.74 Å². The van der Waals surface area contributed by atoms with Gasteiger partial charge in [-0.2, -0.15) is 0 Å². The van der Waals surface area contributed by atoms with E-state index in [1.165, 1.54) is 39.0 Å². The van der Waals surface area contributed by atoms with Gasteiger partial charge in [-0.05, 0) is 105 Å². The Labute approximate surface area is 177 Å². The van der Waals surface area contributed by atoms with Crippen molar-refractivity contribution in [2.24, 2.45) is 46.3 Å². The minimum absolute atomic E-state index is 0.0436. The Morgan fingerprint density at radius 3 is 2.31 bits per heavy atom. The lowest BCUT2D eigenvalue weighted by molar-refractivity contribution is -0.170. The van der Waals surface area contributed by atoms with Crippen molar-refractivity contribution in [3.63, 3.8) is 0 Å². The molecule has 0 heterocycles. The van der Waals surface area contributed by atoms with Gasteiger partial charge in [-0.25, -0.2) is 0 Å². The van der Waals surface area contributed by atoms with E-state index >= 15 is 0 Å². The van der Waals surface area contributed by atoms with Gasteiger partial charge in [0.05, 0.1) is 0 Å². The van der Waals surface area contributed by atoms with Gasteiger partial charge in [-0.3, -0.25) is 4.79 Å². The normalized spacial score (nSPS) is 48.8. The quantitative estimate of drug-likeness (QED) is 0.431. The maximum absolute atomic E-state index is 12.2. The molecule has 4 fully saturated rings. The van der Waals surface area contributed by atoms with Crippen LogP contribution in [0.1, 0.15) is 85.5 Å². The van der Waals surface area contributed by atoms with Crippen LogP contribution < -0.4 is 0 Å². The molecule has 0 aromatic carbocycles. The first-order chi connectivity index (χ1) is 13.7. The van der Waals surface area contributed by atoms with Gasteiger partial charge in [0, 0.05) is 13.3 Å².